The van der Waals surface area contributed by atoms with Crippen molar-refractivity contribution in [3.05, 3.63) is 17.8 Å². The molecule has 1 aromatic heterocycles. The lowest BCUT2D eigenvalue weighted by atomic mass is 9.92. The van der Waals surface area contributed by atoms with Gasteiger partial charge in [-0.25, -0.2) is 0 Å². The molecule has 0 spiro atoms. The molecule has 2 saturated heterocycles. The van der Waals surface area contributed by atoms with Gasteiger partial charge in [0.1, 0.15) is 0 Å². The third kappa shape index (κ3) is 3.89. The smallest absolute Gasteiger partial charge is 0.151 e. The average molecular weight is 330 g/mol. The minimum atomic E-state index is 0.753. The molecule has 5 heteroatoms. The summed E-state index contributed by atoms with van der Waals surface area (Å²) in [5.41, 5.74) is 1.16. The standard InChI is InChI=1S/C19H30N4O/c1-2-6-18(5-1)23-9-3-4-16(15-23)14-17-7-8-19(21-20-17)22-10-12-24-13-11-22/h7-8,16,18H,1-6,9-15H2. The minimum absolute atomic E-state index is 0.753. The molecule has 3 heterocycles. The summed E-state index contributed by atoms with van der Waals surface area (Å²) in [6.45, 7) is 6.01. The van der Waals surface area contributed by atoms with E-state index in [9.17, 15) is 0 Å². The maximum Gasteiger partial charge on any atom is 0.151 e. The Morgan fingerprint density at radius 3 is 2.54 bits per heavy atom. The Kier molecular flexibility index (Phi) is 5.28. The first-order valence-electron chi connectivity index (χ1n) is 9.78. The molecule has 5 nitrogen and oxygen atoms in total. The molecule has 2 aliphatic heterocycles. The van der Waals surface area contributed by atoms with Gasteiger partial charge in [0.15, 0.2) is 5.82 Å². The van der Waals surface area contributed by atoms with Gasteiger partial charge < -0.3 is 14.5 Å². The topological polar surface area (TPSA) is 41.5 Å². The van der Waals surface area contributed by atoms with Crippen LogP contribution in [0.4, 0.5) is 5.82 Å². The maximum absolute atomic E-state index is 5.40. The fraction of sp³-hybridized carbons (Fsp3) is 0.789. The summed E-state index contributed by atoms with van der Waals surface area (Å²) in [4.78, 5) is 5.03. The fourth-order valence-corrected chi connectivity index (χ4v) is 4.58. The molecule has 0 N–H and O–H groups in total. The van der Waals surface area contributed by atoms with Gasteiger partial charge in [-0.1, -0.05) is 12.8 Å². The SMILES string of the molecule is c1cc(N2CCOCC2)nnc1CC1CCCN(C2CCCC2)C1. The number of ether oxygens (including phenoxy) is 1. The van der Waals surface area contributed by atoms with Crippen molar-refractivity contribution >= 4 is 5.82 Å². The maximum atomic E-state index is 5.40. The molecular weight excluding hydrogens is 300 g/mol. The lowest BCUT2D eigenvalue weighted by Gasteiger charge is -2.36. The van der Waals surface area contributed by atoms with E-state index in [1.54, 1.807) is 0 Å². The monoisotopic (exact) mass is 330 g/mol. The van der Waals surface area contributed by atoms with E-state index in [1.807, 2.05) is 0 Å². The zero-order chi connectivity index (χ0) is 16.2. The molecule has 132 valence electrons. The molecular formula is C19H30N4O. The van der Waals surface area contributed by atoms with Crippen LogP contribution in [-0.4, -0.2) is 60.5 Å². The van der Waals surface area contributed by atoms with E-state index < -0.39 is 0 Å². The summed E-state index contributed by atoms with van der Waals surface area (Å²) >= 11 is 0. The Hall–Kier alpha value is -1.20. The number of aromatic nitrogens is 2. The summed E-state index contributed by atoms with van der Waals surface area (Å²) in [5.74, 6) is 1.75. The molecule has 3 aliphatic rings. The van der Waals surface area contributed by atoms with Crippen molar-refractivity contribution < 1.29 is 4.74 Å². The molecule has 0 amide bonds. The molecule has 0 radical (unpaired) electrons. The van der Waals surface area contributed by atoms with Gasteiger partial charge in [0, 0.05) is 25.7 Å². The molecule has 1 saturated carbocycles. The van der Waals surface area contributed by atoms with E-state index in [4.69, 9.17) is 4.74 Å². The van der Waals surface area contributed by atoms with E-state index in [1.165, 1.54) is 51.6 Å². The molecule has 24 heavy (non-hydrogen) atoms. The quantitative estimate of drug-likeness (QED) is 0.848. The number of morpholine rings is 1. The van der Waals surface area contributed by atoms with Gasteiger partial charge in [0.25, 0.3) is 0 Å². The third-order valence-corrected chi connectivity index (χ3v) is 5.93. The molecule has 0 bridgehead atoms. The van der Waals surface area contributed by atoms with Gasteiger partial charge in [-0.05, 0) is 56.7 Å². The van der Waals surface area contributed by atoms with Gasteiger partial charge in [0.05, 0.1) is 18.9 Å². The molecule has 1 aromatic rings. The van der Waals surface area contributed by atoms with Crippen molar-refractivity contribution in [2.75, 3.05) is 44.3 Å². The van der Waals surface area contributed by atoms with Crippen LogP contribution in [0.25, 0.3) is 0 Å². The number of rotatable bonds is 4. The van der Waals surface area contributed by atoms with Crippen LogP contribution in [0.1, 0.15) is 44.2 Å². The number of nitrogens with zero attached hydrogens (tertiary/aromatic N) is 4. The van der Waals surface area contributed by atoms with Crippen LogP contribution in [0, 0.1) is 5.92 Å². The summed E-state index contributed by atoms with van der Waals surface area (Å²) in [5, 5.41) is 8.99. The Labute approximate surface area is 145 Å². The van der Waals surface area contributed by atoms with Crippen LogP contribution in [0.15, 0.2) is 12.1 Å². The highest BCUT2D eigenvalue weighted by atomic mass is 16.5. The summed E-state index contributed by atoms with van der Waals surface area (Å²) in [6, 6.07) is 5.19. The Morgan fingerprint density at radius 2 is 1.79 bits per heavy atom. The van der Waals surface area contributed by atoms with Gasteiger partial charge in [-0.15, -0.1) is 5.10 Å². The zero-order valence-electron chi connectivity index (χ0n) is 14.7. The number of hydrogen-bond donors (Lipinski definition) is 0. The van der Waals surface area contributed by atoms with Crippen LogP contribution in [0.2, 0.25) is 0 Å². The fourth-order valence-electron chi connectivity index (χ4n) is 4.58. The van der Waals surface area contributed by atoms with Crippen molar-refractivity contribution in [3.63, 3.8) is 0 Å². The lowest BCUT2D eigenvalue weighted by molar-refractivity contribution is 0.122. The molecule has 1 aliphatic carbocycles. The lowest BCUT2D eigenvalue weighted by Crippen LogP contribution is -2.42. The largest absolute Gasteiger partial charge is 0.378 e. The second kappa shape index (κ2) is 7.79. The first-order chi connectivity index (χ1) is 11.9. The van der Waals surface area contributed by atoms with Crippen LogP contribution in [0.5, 0.6) is 0 Å². The van der Waals surface area contributed by atoms with E-state index in [-0.39, 0.29) is 0 Å². The van der Waals surface area contributed by atoms with Gasteiger partial charge in [0.2, 0.25) is 0 Å². The molecule has 3 fully saturated rings. The van der Waals surface area contributed by atoms with Crippen LogP contribution < -0.4 is 4.90 Å². The highest BCUT2D eigenvalue weighted by molar-refractivity contribution is 5.37. The van der Waals surface area contributed by atoms with E-state index in [0.717, 1.165) is 56.2 Å². The number of likely N-dealkylation sites (tertiary alicyclic amines) is 1. The van der Waals surface area contributed by atoms with Crippen LogP contribution >= 0.6 is 0 Å². The van der Waals surface area contributed by atoms with E-state index in [2.05, 4.69) is 32.1 Å². The van der Waals surface area contributed by atoms with Crippen LogP contribution in [0.3, 0.4) is 0 Å². The Bertz CT molecular complexity index is 509. The number of anilines is 1. The second-order valence-corrected chi connectivity index (χ2v) is 7.63. The molecule has 4 rings (SSSR count). The average Bonchev–Trinajstić information content (AvgIpc) is 3.18. The van der Waals surface area contributed by atoms with Gasteiger partial charge >= 0.3 is 0 Å². The second-order valence-electron chi connectivity index (χ2n) is 7.63. The van der Waals surface area contributed by atoms with Crippen molar-refractivity contribution in [2.24, 2.45) is 5.92 Å². The third-order valence-electron chi connectivity index (χ3n) is 5.93. The van der Waals surface area contributed by atoms with Crippen molar-refractivity contribution in [1.82, 2.24) is 15.1 Å². The summed E-state index contributed by atoms with van der Waals surface area (Å²) in [6.07, 6.45) is 9.47. The summed E-state index contributed by atoms with van der Waals surface area (Å²) < 4.78 is 5.40. The number of hydrogen-bond acceptors (Lipinski definition) is 5. The van der Waals surface area contributed by atoms with Crippen molar-refractivity contribution in [2.45, 2.75) is 51.0 Å². The Balaban J connectivity index is 1.32. The minimum Gasteiger partial charge on any atom is -0.378 e. The molecule has 0 aromatic carbocycles. The predicted octanol–water partition coefficient (Wildman–Crippen LogP) is 2.51. The Morgan fingerprint density at radius 1 is 0.958 bits per heavy atom. The zero-order valence-corrected chi connectivity index (χ0v) is 14.7. The molecule has 1 atom stereocenters. The van der Waals surface area contributed by atoms with Crippen molar-refractivity contribution in [3.8, 4) is 0 Å². The van der Waals surface area contributed by atoms with Crippen molar-refractivity contribution in [1.29, 1.82) is 0 Å². The first-order valence-corrected chi connectivity index (χ1v) is 9.78. The molecule has 1 unspecified atom stereocenters. The van der Waals surface area contributed by atoms with Gasteiger partial charge in [-0.2, -0.15) is 5.10 Å². The first kappa shape index (κ1) is 16.3. The highest BCUT2D eigenvalue weighted by Gasteiger charge is 2.28. The highest BCUT2D eigenvalue weighted by Crippen LogP contribution is 2.29. The van der Waals surface area contributed by atoms with Crippen LogP contribution in [-0.2, 0) is 11.2 Å². The normalized spacial score (nSPS) is 26.8. The number of piperidine rings is 1. The van der Waals surface area contributed by atoms with E-state index >= 15 is 0 Å². The van der Waals surface area contributed by atoms with E-state index in [0.29, 0.717) is 0 Å². The summed E-state index contributed by atoms with van der Waals surface area (Å²) in [7, 11) is 0. The predicted molar refractivity (Wildman–Crippen MR) is 95.3 cm³/mol. The van der Waals surface area contributed by atoms with Gasteiger partial charge in [-0.3, -0.25) is 0 Å².